The molecule has 1 saturated heterocycles. The van der Waals surface area contributed by atoms with Crippen molar-refractivity contribution in [3.05, 3.63) is 0 Å². The van der Waals surface area contributed by atoms with Crippen LogP contribution >= 0.6 is 0 Å². The highest BCUT2D eigenvalue weighted by Gasteiger charge is 2.70. The Labute approximate surface area is 190 Å². The molecule has 5 aliphatic carbocycles. The Morgan fingerprint density at radius 2 is 1.71 bits per heavy atom. The lowest BCUT2D eigenvalue weighted by atomic mass is 9.40. The lowest BCUT2D eigenvalue weighted by Crippen LogP contribution is -2.59. The molecular weight excluding hydrogens is 380 g/mol. The molecule has 0 aromatic heterocycles. The molecule has 0 radical (unpaired) electrons. The quantitative estimate of drug-likeness (QED) is 0.435. The maximum atomic E-state index is 13.1. The minimum Gasteiger partial charge on any atom is -0.462 e. The second kappa shape index (κ2) is 7.23. The Hall–Kier alpha value is -0.530. The van der Waals surface area contributed by atoms with Gasteiger partial charge in [-0.05, 0) is 104 Å². The summed E-state index contributed by atoms with van der Waals surface area (Å²) < 4.78 is 5.88. The van der Waals surface area contributed by atoms with E-state index in [-0.39, 0.29) is 22.9 Å². The Morgan fingerprint density at radius 3 is 2.52 bits per heavy atom. The van der Waals surface area contributed by atoms with Gasteiger partial charge < -0.3 is 4.74 Å². The van der Waals surface area contributed by atoms with Gasteiger partial charge in [-0.25, -0.2) is 0 Å². The van der Waals surface area contributed by atoms with Crippen LogP contribution in [0.2, 0.25) is 0 Å². The molecule has 2 bridgehead atoms. The normalized spacial score (nSPS) is 52.7. The van der Waals surface area contributed by atoms with Crippen molar-refractivity contribution in [2.45, 2.75) is 123 Å². The fourth-order valence-corrected chi connectivity index (χ4v) is 11.1. The van der Waals surface area contributed by atoms with Crippen LogP contribution in [0, 0.1) is 51.8 Å². The summed E-state index contributed by atoms with van der Waals surface area (Å²) in [6.07, 6.45) is 20.7. The molecule has 0 N–H and O–H groups in total. The first kappa shape index (κ1) is 21.0. The molecule has 6 aliphatic rings. The first-order valence-corrected chi connectivity index (χ1v) is 14.1. The first-order chi connectivity index (χ1) is 14.9. The van der Waals surface area contributed by atoms with E-state index in [0.29, 0.717) is 5.41 Å². The van der Waals surface area contributed by atoms with Crippen LogP contribution < -0.4 is 0 Å². The zero-order chi connectivity index (χ0) is 21.4. The van der Waals surface area contributed by atoms with Gasteiger partial charge in [0.2, 0.25) is 0 Å². The maximum Gasteiger partial charge on any atom is 0.313 e. The molecule has 2 heteroatoms. The zero-order valence-corrected chi connectivity index (χ0v) is 20.5. The van der Waals surface area contributed by atoms with E-state index in [1.165, 1.54) is 77.0 Å². The molecule has 31 heavy (non-hydrogen) atoms. The Balaban J connectivity index is 1.22. The van der Waals surface area contributed by atoms with E-state index in [0.717, 1.165) is 54.8 Å². The van der Waals surface area contributed by atoms with Crippen molar-refractivity contribution in [2.75, 3.05) is 0 Å². The fourth-order valence-electron chi connectivity index (χ4n) is 11.1. The van der Waals surface area contributed by atoms with E-state index in [4.69, 9.17) is 4.74 Å². The summed E-state index contributed by atoms with van der Waals surface area (Å²) in [5.74, 6) is 5.59. The highest BCUT2D eigenvalue weighted by atomic mass is 16.6. The molecule has 2 nitrogen and oxygen atoms in total. The summed E-state index contributed by atoms with van der Waals surface area (Å²) in [6.45, 7) is 7.84. The molecule has 174 valence electrons. The Kier molecular flexibility index (Phi) is 4.91. The van der Waals surface area contributed by atoms with Crippen molar-refractivity contribution < 1.29 is 9.53 Å². The van der Waals surface area contributed by atoms with E-state index in [2.05, 4.69) is 20.8 Å². The lowest BCUT2D eigenvalue weighted by Gasteiger charge is -2.62. The van der Waals surface area contributed by atoms with Gasteiger partial charge in [0.25, 0.3) is 0 Å². The first-order valence-electron chi connectivity index (χ1n) is 14.1. The minimum absolute atomic E-state index is 0.128. The average Bonchev–Trinajstić information content (AvgIpc) is 3.25. The van der Waals surface area contributed by atoms with Crippen LogP contribution in [-0.2, 0) is 9.53 Å². The lowest BCUT2D eigenvalue weighted by molar-refractivity contribution is -0.173. The van der Waals surface area contributed by atoms with Crippen molar-refractivity contribution in [1.82, 2.24) is 0 Å². The number of carbonyl (C=O) groups excluding carboxylic acids is 1. The van der Waals surface area contributed by atoms with Crippen LogP contribution in [-0.4, -0.2) is 12.1 Å². The van der Waals surface area contributed by atoms with Gasteiger partial charge in [0, 0.05) is 6.42 Å². The van der Waals surface area contributed by atoms with Crippen LogP contribution in [0.3, 0.4) is 0 Å². The third kappa shape index (κ3) is 2.84. The van der Waals surface area contributed by atoms with Gasteiger partial charge in [0.05, 0.1) is 5.41 Å². The van der Waals surface area contributed by atoms with Gasteiger partial charge >= 0.3 is 5.97 Å². The smallest absolute Gasteiger partial charge is 0.313 e. The van der Waals surface area contributed by atoms with Gasteiger partial charge in [-0.1, -0.05) is 52.9 Å². The van der Waals surface area contributed by atoms with Crippen molar-refractivity contribution in [2.24, 2.45) is 51.8 Å². The molecule has 0 aromatic rings. The molecule has 6 fully saturated rings. The molecule has 1 aliphatic heterocycles. The van der Waals surface area contributed by atoms with Gasteiger partial charge in [-0.15, -0.1) is 0 Å². The Bertz CT molecular complexity index is 724. The third-order valence-corrected chi connectivity index (χ3v) is 12.7. The van der Waals surface area contributed by atoms with E-state index in [1.54, 1.807) is 0 Å². The number of esters is 1. The van der Waals surface area contributed by atoms with Crippen molar-refractivity contribution in [3.63, 3.8) is 0 Å². The summed E-state index contributed by atoms with van der Waals surface area (Å²) in [5.41, 5.74) is 0.633. The standard InChI is InChI=1S/C29H46O2/c1-19(17-20-7-5-4-6-8-20)23-9-10-24-22-12-16-29-18-21(31-26(29)30)11-15-28(29,3)25(22)13-14-27(23,24)2/h19-25H,4-18H2,1-3H3/t19-,21+,22+,23-,24+,25+,27-,28-,29-/m1/s1. The van der Waals surface area contributed by atoms with Crippen LogP contribution in [0.1, 0.15) is 117 Å². The predicted molar refractivity (Wildman–Crippen MR) is 124 cm³/mol. The van der Waals surface area contributed by atoms with E-state index in [1.807, 2.05) is 0 Å². The molecule has 1 spiro atoms. The van der Waals surface area contributed by atoms with Crippen molar-refractivity contribution in [3.8, 4) is 0 Å². The average molecular weight is 427 g/mol. The number of hydrogen-bond acceptors (Lipinski definition) is 2. The highest BCUT2D eigenvalue weighted by Crippen LogP contribution is 2.73. The van der Waals surface area contributed by atoms with Crippen LogP contribution in [0.5, 0.6) is 0 Å². The largest absolute Gasteiger partial charge is 0.462 e. The number of carbonyl (C=O) groups is 1. The molecule has 0 unspecified atom stereocenters. The van der Waals surface area contributed by atoms with E-state index in [9.17, 15) is 4.79 Å². The SMILES string of the molecule is C[C@H](CC1CCCCC1)[C@H]1CC[C@H]2[C@@H]3CC[C@]45C[C@H](CC[C@]4(C)[C@H]3CC[C@]12C)OC5=O. The van der Waals surface area contributed by atoms with Gasteiger partial charge in [-0.2, -0.15) is 0 Å². The fraction of sp³-hybridized carbons (Fsp3) is 0.966. The number of rotatable bonds is 3. The zero-order valence-electron chi connectivity index (χ0n) is 20.5. The summed E-state index contributed by atoms with van der Waals surface area (Å²) in [7, 11) is 0. The molecule has 0 aromatic carbocycles. The number of hydrogen-bond donors (Lipinski definition) is 0. The van der Waals surface area contributed by atoms with Crippen LogP contribution in [0.4, 0.5) is 0 Å². The van der Waals surface area contributed by atoms with Gasteiger partial charge in [-0.3, -0.25) is 4.79 Å². The molecule has 9 atom stereocenters. The summed E-state index contributed by atoms with van der Waals surface area (Å²) in [4.78, 5) is 13.1. The van der Waals surface area contributed by atoms with E-state index < -0.39 is 0 Å². The van der Waals surface area contributed by atoms with Crippen molar-refractivity contribution >= 4 is 5.97 Å². The van der Waals surface area contributed by atoms with Crippen LogP contribution in [0.25, 0.3) is 0 Å². The van der Waals surface area contributed by atoms with Gasteiger partial charge in [0.1, 0.15) is 6.10 Å². The summed E-state index contributed by atoms with van der Waals surface area (Å²) >= 11 is 0. The highest BCUT2D eigenvalue weighted by molar-refractivity contribution is 5.81. The molecule has 6 rings (SSSR count). The van der Waals surface area contributed by atoms with Gasteiger partial charge in [0.15, 0.2) is 0 Å². The third-order valence-electron chi connectivity index (χ3n) is 12.7. The van der Waals surface area contributed by atoms with E-state index >= 15 is 0 Å². The molecule has 0 amide bonds. The molecule has 5 saturated carbocycles. The second-order valence-electron chi connectivity index (χ2n) is 13.6. The van der Waals surface area contributed by atoms with Crippen molar-refractivity contribution in [1.29, 1.82) is 0 Å². The number of fused-ring (bicyclic) bond motifs is 5. The topological polar surface area (TPSA) is 26.3 Å². The number of ether oxygens (including phenoxy) is 1. The second-order valence-corrected chi connectivity index (χ2v) is 13.6. The molecule has 1 heterocycles. The monoisotopic (exact) mass is 426 g/mol. The predicted octanol–water partition coefficient (Wildman–Crippen LogP) is 7.55. The Morgan fingerprint density at radius 1 is 0.903 bits per heavy atom. The van der Waals surface area contributed by atoms with Crippen LogP contribution in [0.15, 0.2) is 0 Å². The minimum atomic E-state index is -0.128. The summed E-state index contributed by atoms with van der Waals surface area (Å²) in [5, 5.41) is 0. The maximum absolute atomic E-state index is 13.1. The molecular formula is C29H46O2. The summed E-state index contributed by atoms with van der Waals surface area (Å²) in [6, 6.07) is 0.